The minimum Gasteiger partial charge on any atom is -0.497 e. The predicted molar refractivity (Wildman–Crippen MR) is 94.5 cm³/mol. The first-order valence-corrected chi connectivity index (χ1v) is 7.94. The second-order valence-corrected chi connectivity index (χ2v) is 6.07. The van der Waals surface area contributed by atoms with Crippen LogP contribution in [-0.2, 0) is 6.54 Å². The topological polar surface area (TPSA) is 27.1 Å². The molecule has 0 fully saturated rings. The molecule has 3 rings (SSSR count). The summed E-state index contributed by atoms with van der Waals surface area (Å²) in [6.45, 7) is 5.38. The van der Waals surface area contributed by atoms with Crippen LogP contribution in [0.1, 0.15) is 13.8 Å². The van der Waals surface area contributed by atoms with Crippen LogP contribution in [0, 0.1) is 5.92 Å². The van der Waals surface area contributed by atoms with Crippen molar-refractivity contribution in [3.63, 3.8) is 0 Å². The first kappa shape index (κ1) is 15.3. The standard InChI is InChI=1S/C20H22N2O/c1-15(2)14-22-12-11-21-20(22)19-13-17(23-3)9-10-18(19)16-7-5-4-6-8-16/h4-13,15H,14H2,1-3H3. The summed E-state index contributed by atoms with van der Waals surface area (Å²) in [5.74, 6) is 2.39. The second kappa shape index (κ2) is 6.69. The van der Waals surface area contributed by atoms with Crippen LogP contribution in [0.25, 0.3) is 22.5 Å². The van der Waals surface area contributed by atoms with Gasteiger partial charge in [-0.15, -0.1) is 0 Å². The van der Waals surface area contributed by atoms with Crippen LogP contribution in [0.3, 0.4) is 0 Å². The second-order valence-electron chi connectivity index (χ2n) is 6.07. The molecule has 3 heteroatoms. The SMILES string of the molecule is COc1ccc(-c2ccccc2)c(-c2nccn2CC(C)C)c1. The van der Waals surface area contributed by atoms with E-state index in [-0.39, 0.29) is 0 Å². The average molecular weight is 306 g/mol. The van der Waals surface area contributed by atoms with Crippen LogP contribution >= 0.6 is 0 Å². The lowest BCUT2D eigenvalue weighted by Gasteiger charge is -2.15. The Morgan fingerprint density at radius 2 is 1.83 bits per heavy atom. The van der Waals surface area contributed by atoms with Gasteiger partial charge in [-0.25, -0.2) is 4.98 Å². The maximum Gasteiger partial charge on any atom is 0.140 e. The number of ether oxygens (including phenoxy) is 1. The molecule has 0 radical (unpaired) electrons. The number of nitrogens with zero attached hydrogens (tertiary/aromatic N) is 2. The van der Waals surface area contributed by atoms with Crippen molar-refractivity contribution >= 4 is 0 Å². The quantitative estimate of drug-likeness (QED) is 0.671. The van der Waals surface area contributed by atoms with Crippen molar-refractivity contribution in [2.75, 3.05) is 7.11 Å². The summed E-state index contributed by atoms with van der Waals surface area (Å²) < 4.78 is 7.64. The number of hydrogen-bond acceptors (Lipinski definition) is 2. The zero-order chi connectivity index (χ0) is 16.2. The molecule has 23 heavy (non-hydrogen) atoms. The van der Waals surface area contributed by atoms with Crippen LogP contribution in [0.4, 0.5) is 0 Å². The Balaban J connectivity index is 2.16. The molecule has 0 amide bonds. The van der Waals surface area contributed by atoms with Crippen LogP contribution in [-0.4, -0.2) is 16.7 Å². The Morgan fingerprint density at radius 1 is 1.04 bits per heavy atom. The van der Waals surface area contributed by atoms with Crippen molar-refractivity contribution < 1.29 is 4.74 Å². The monoisotopic (exact) mass is 306 g/mol. The van der Waals surface area contributed by atoms with Gasteiger partial charge in [0.05, 0.1) is 7.11 Å². The number of aromatic nitrogens is 2. The van der Waals surface area contributed by atoms with E-state index in [2.05, 4.69) is 59.8 Å². The summed E-state index contributed by atoms with van der Waals surface area (Å²) in [7, 11) is 1.70. The summed E-state index contributed by atoms with van der Waals surface area (Å²) in [4.78, 5) is 4.61. The number of imidazole rings is 1. The van der Waals surface area contributed by atoms with E-state index in [0.717, 1.165) is 23.7 Å². The lowest BCUT2D eigenvalue weighted by Crippen LogP contribution is -2.05. The van der Waals surface area contributed by atoms with E-state index in [0.29, 0.717) is 5.92 Å². The van der Waals surface area contributed by atoms with E-state index < -0.39 is 0 Å². The van der Waals surface area contributed by atoms with E-state index in [1.54, 1.807) is 7.11 Å². The van der Waals surface area contributed by atoms with Gasteiger partial charge in [-0.2, -0.15) is 0 Å². The molecule has 0 saturated heterocycles. The smallest absolute Gasteiger partial charge is 0.140 e. The molecule has 0 unspecified atom stereocenters. The number of methoxy groups -OCH3 is 1. The van der Waals surface area contributed by atoms with Crippen molar-refractivity contribution in [1.82, 2.24) is 9.55 Å². The van der Waals surface area contributed by atoms with Crippen molar-refractivity contribution in [3.05, 3.63) is 60.9 Å². The lowest BCUT2D eigenvalue weighted by molar-refractivity contribution is 0.415. The molecular formula is C20H22N2O. The lowest BCUT2D eigenvalue weighted by atomic mass is 9.98. The van der Waals surface area contributed by atoms with Gasteiger partial charge < -0.3 is 9.30 Å². The normalized spacial score (nSPS) is 11.0. The predicted octanol–water partition coefficient (Wildman–Crippen LogP) is 4.88. The van der Waals surface area contributed by atoms with E-state index in [9.17, 15) is 0 Å². The van der Waals surface area contributed by atoms with Gasteiger partial charge in [0, 0.05) is 24.5 Å². The molecule has 0 aliphatic rings. The highest BCUT2D eigenvalue weighted by Crippen LogP contribution is 2.34. The van der Waals surface area contributed by atoms with Crippen LogP contribution < -0.4 is 4.74 Å². The molecule has 3 nitrogen and oxygen atoms in total. The van der Waals surface area contributed by atoms with E-state index in [1.165, 1.54) is 11.1 Å². The summed E-state index contributed by atoms with van der Waals surface area (Å²) >= 11 is 0. The first-order chi connectivity index (χ1) is 11.2. The first-order valence-electron chi connectivity index (χ1n) is 7.94. The molecular weight excluding hydrogens is 284 g/mol. The number of hydrogen-bond donors (Lipinski definition) is 0. The average Bonchev–Trinajstić information content (AvgIpc) is 3.02. The third-order valence-electron chi connectivity index (χ3n) is 3.83. The Morgan fingerprint density at radius 3 is 2.52 bits per heavy atom. The Kier molecular flexibility index (Phi) is 4.47. The van der Waals surface area contributed by atoms with E-state index in [4.69, 9.17) is 4.74 Å². The van der Waals surface area contributed by atoms with Gasteiger partial charge in [0.2, 0.25) is 0 Å². The van der Waals surface area contributed by atoms with Crippen molar-refractivity contribution in [2.45, 2.75) is 20.4 Å². The molecule has 0 spiro atoms. The highest BCUT2D eigenvalue weighted by atomic mass is 16.5. The van der Waals surface area contributed by atoms with Crippen molar-refractivity contribution in [3.8, 4) is 28.3 Å². The highest BCUT2D eigenvalue weighted by Gasteiger charge is 2.14. The zero-order valence-corrected chi connectivity index (χ0v) is 13.9. The van der Waals surface area contributed by atoms with E-state index in [1.807, 2.05) is 24.5 Å². The number of benzene rings is 2. The van der Waals surface area contributed by atoms with Crippen LogP contribution in [0.2, 0.25) is 0 Å². The Labute approximate surface area is 137 Å². The molecule has 0 bridgehead atoms. The molecule has 2 aromatic carbocycles. The van der Waals surface area contributed by atoms with Crippen molar-refractivity contribution in [2.24, 2.45) is 5.92 Å². The summed E-state index contributed by atoms with van der Waals surface area (Å²) in [6.07, 6.45) is 3.91. The molecule has 0 N–H and O–H groups in total. The fraction of sp³-hybridized carbons (Fsp3) is 0.250. The van der Waals surface area contributed by atoms with Gasteiger partial charge in [0.15, 0.2) is 0 Å². The van der Waals surface area contributed by atoms with Gasteiger partial charge in [0.1, 0.15) is 11.6 Å². The highest BCUT2D eigenvalue weighted by molar-refractivity contribution is 5.81. The largest absolute Gasteiger partial charge is 0.497 e. The molecule has 0 aliphatic carbocycles. The molecule has 3 aromatic rings. The maximum atomic E-state index is 5.43. The van der Waals surface area contributed by atoms with Crippen molar-refractivity contribution in [1.29, 1.82) is 0 Å². The third-order valence-corrected chi connectivity index (χ3v) is 3.83. The number of rotatable bonds is 5. The molecule has 118 valence electrons. The fourth-order valence-electron chi connectivity index (χ4n) is 2.80. The van der Waals surface area contributed by atoms with Crippen LogP contribution in [0.15, 0.2) is 60.9 Å². The minimum atomic E-state index is 0.564. The molecule has 0 aliphatic heterocycles. The summed E-state index contributed by atoms with van der Waals surface area (Å²) in [5, 5.41) is 0. The molecule has 0 atom stereocenters. The zero-order valence-electron chi connectivity index (χ0n) is 13.9. The third kappa shape index (κ3) is 3.29. The van der Waals surface area contributed by atoms with Gasteiger partial charge in [-0.3, -0.25) is 0 Å². The maximum absolute atomic E-state index is 5.43. The molecule has 1 aromatic heterocycles. The Hall–Kier alpha value is -2.55. The Bertz CT molecular complexity index is 775. The van der Waals surface area contributed by atoms with Gasteiger partial charge in [0.25, 0.3) is 0 Å². The molecule has 0 saturated carbocycles. The van der Waals surface area contributed by atoms with Gasteiger partial charge in [-0.1, -0.05) is 44.2 Å². The fourth-order valence-corrected chi connectivity index (χ4v) is 2.80. The van der Waals surface area contributed by atoms with E-state index >= 15 is 0 Å². The minimum absolute atomic E-state index is 0.564. The molecule has 1 heterocycles. The van der Waals surface area contributed by atoms with Gasteiger partial charge in [-0.05, 0) is 35.2 Å². The van der Waals surface area contributed by atoms with Crippen LogP contribution in [0.5, 0.6) is 5.75 Å². The summed E-state index contributed by atoms with van der Waals surface area (Å²) in [5.41, 5.74) is 3.45. The van der Waals surface area contributed by atoms with Gasteiger partial charge >= 0.3 is 0 Å². The summed E-state index contributed by atoms with van der Waals surface area (Å²) in [6, 6.07) is 16.6.